The van der Waals surface area contributed by atoms with E-state index in [-0.39, 0.29) is 11.6 Å². The fourth-order valence-electron chi connectivity index (χ4n) is 2.29. The van der Waals surface area contributed by atoms with Gasteiger partial charge in [-0.2, -0.15) is 0 Å². The van der Waals surface area contributed by atoms with E-state index < -0.39 is 0 Å². The minimum Gasteiger partial charge on any atom is -0.493 e. The second kappa shape index (κ2) is 9.58. The van der Waals surface area contributed by atoms with Crippen LogP contribution in [0.15, 0.2) is 24.5 Å². The minimum absolute atomic E-state index is 0.254. The van der Waals surface area contributed by atoms with Crippen LogP contribution in [0.2, 0.25) is 0 Å². The Bertz CT molecular complexity index is 740. The van der Waals surface area contributed by atoms with Crippen molar-refractivity contribution in [1.29, 1.82) is 0 Å². The molecule has 0 unspecified atom stereocenters. The van der Waals surface area contributed by atoms with Crippen molar-refractivity contribution in [2.45, 2.75) is 0 Å². The van der Waals surface area contributed by atoms with E-state index in [1.54, 1.807) is 33.5 Å². The predicted octanol–water partition coefficient (Wildman–Crippen LogP) is 1.54. The van der Waals surface area contributed by atoms with E-state index in [2.05, 4.69) is 20.6 Å². The molecular weight excluding hydrogens is 350 g/mol. The van der Waals surface area contributed by atoms with Gasteiger partial charge in [0.1, 0.15) is 11.5 Å². The molecule has 0 aliphatic carbocycles. The molecule has 2 aromatic rings. The number of benzene rings is 1. The number of likely N-dealkylation sites (N-methyl/N-ethyl adjacent to an activating group) is 1. The number of nitrogens with one attached hydrogen (secondary N) is 2. The maximum Gasteiger partial charge on any atom is 0.271 e. The molecule has 2 N–H and O–H groups in total. The van der Waals surface area contributed by atoms with E-state index in [1.807, 2.05) is 19.0 Å². The normalized spacial score (nSPS) is 10.4. The molecule has 9 heteroatoms. The van der Waals surface area contributed by atoms with Crippen LogP contribution in [-0.2, 0) is 0 Å². The third-order valence-electron chi connectivity index (χ3n) is 3.67. The molecule has 0 radical (unpaired) electrons. The Balaban J connectivity index is 2.09. The number of anilines is 2. The van der Waals surface area contributed by atoms with Gasteiger partial charge in [-0.25, -0.2) is 9.97 Å². The van der Waals surface area contributed by atoms with Crippen LogP contribution in [0.25, 0.3) is 0 Å². The minimum atomic E-state index is -0.260. The van der Waals surface area contributed by atoms with Gasteiger partial charge in [0, 0.05) is 30.9 Å². The Morgan fingerprint density at radius 1 is 1.04 bits per heavy atom. The SMILES string of the molecule is COc1cc(Nc2cnc(C(=O)NCCN(C)C)cn2)cc(OC)c1OC. The lowest BCUT2D eigenvalue weighted by Crippen LogP contribution is -2.31. The van der Waals surface area contributed by atoms with Gasteiger partial charge in [-0.15, -0.1) is 0 Å². The second-order valence-electron chi connectivity index (χ2n) is 5.89. The smallest absolute Gasteiger partial charge is 0.271 e. The largest absolute Gasteiger partial charge is 0.493 e. The molecule has 0 aliphatic heterocycles. The number of hydrogen-bond acceptors (Lipinski definition) is 8. The van der Waals surface area contributed by atoms with Crippen LogP contribution in [0.5, 0.6) is 17.2 Å². The lowest BCUT2D eigenvalue weighted by Gasteiger charge is -2.14. The monoisotopic (exact) mass is 375 g/mol. The first-order valence-electron chi connectivity index (χ1n) is 8.30. The molecule has 0 atom stereocenters. The Labute approximate surface area is 158 Å². The summed E-state index contributed by atoms with van der Waals surface area (Å²) in [6, 6.07) is 3.51. The van der Waals surface area contributed by atoms with Crippen molar-refractivity contribution in [3.8, 4) is 17.2 Å². The van der Waals surface area contributed by atoms with E-state index >= 15 is 0 Å². The molecule has 9 nitrogen and oxygen atoms in total. The number of nitrogens with zero attached hydrogens (tertiary/aromatic N) is 3. The highest BCUT2D eigenvalue weighted by atomic mass is 16.5. The molecule has 1 amide bonds. The van der Waals surface area contributed by atoms with Crippen molar-refractivity contribution in [3.05, 3.63) is 30.2 Å². The van der Waals surface area contributed by atoms with Gasteiger partial charge in [0.05, 0.1) is 33.7 Å². The van der Waals surface area contributed by atoms with E-state index in [0.29, 0.717) is 35.3 Å². The Hall–Kier alpha value is -3.07. The Morgan fingerprint density at radius 2 is 1.70 bits per heavy atom. The Morgan fingerprint density at radius 3 is 2.19 bits per heavy atom. The van der Waals surface area contributed by atoms with E-state index in [0.717, 1.165) is 6.54 Å². The maximum atomic E-state index is 12.0. The molecule has 1 aromatic heterocycles. The molecule has 0 spiro atoms. The van der Waals surface area contributed by atoms with Crippen LogP contribution in [0.1, 0.15) is 10.5 Å². The van der Waals surface area contributed by atoms with Gasteiger partial charge >= 0.3 is 0 Å². The highest BCUT2D eigenvalue weighted by Gasteiger charge is 2.14. The van der Waals surface area contributed by atoms with Crippen LogP contribution < -0.4 is 24.8 Å². The average molecular weight is 375 g/mol. The Kier molecular flexibility index (Phi) is 7.18. The number of amides is 1. The topological polar surface area (TPSA) is 97.8 Å². The van der Waals surface area contributed by atoms with Crippen molar-refractivity contribution in [1.82, 2.24) is 20.2 Å². The quantitative estimate of drug-likeness (QED) is 0.681. The molecule has 2 rings (SSSR count). The average Bonchev–Trinajstić information content (AvgIpc) is 2.67. The summed E-state index contributed by atoms with van der Waals surface area (Å²) < 4.78 is 15.9. The zero-order valence-corrected chi connectivity index (χ0v) is 16.2. The molecule has 1 heterocycles. The van der Waals surface area contributed by atoms with Crippen LogP contribution in [0, 0.1) is 0 Å². The lowest BCUT2D eigenvalue weighted by molar-refractivity contribution is 0.0945. The molecule has 0 saturated heterocycles. The number of ether oxygens (including phenoxy) is 3. The summed E-state index contributed by atoms with van der Waals surface area (Å²) in [7, 11) is 8.52. The molecular formula is C18H25N5O4. The summed E-state index contributed by atoms with van der Waals surface area (Å²) in [6.07, 6.45) is 2.91. The first-order valence-corrected chi connectivity index (χ1v) is 8.30. The third kappa shape index (κ3) is 5.45. The molecule has 0 bridgehead atoms. The van der Waals surface area contributed by atoms with Crippen molar-refractivity contribution in [2.24, 2.45) is 0 Å². The van der Waals surface area contributed by atoms with Crippen molar-refractivity contribution < 1.29 is 19.0 Å². The van der Waals surface area contributed by atoms with Gasteiger partial charge in [0.15, 0.2) is 11.5 Å². The zero-order valence-electron chi connectivity index (χ0n) is 16.2. The predicted molar refractivity (Wildman–Crippen MR) is 102 cm³/mol. The van der Waals surface area contributed by atoms with Crippen LogP contribution in [0.3, 0.4) is 0 Å². The maximum absolute atomic E-state index is 12.0. The zero-order chi connectivity index (χ0) is 19.8. The van der Waals surface area contributed by atoms with Crippen molar-refractivity contribution >= 4 is 17.4 Å². The molecule has 1 aromatic carbocycles. The number of rotatable bonds is 9. The number of aromatic nitrogens is 2. The van der Waals surface area contributed by atoms with Crippen LogP contribution >= 0.6 is 0 Å². The van der Waals surface area contributed by atoms with Gasteiger partial charge in [-0.1, -0.05) is 0 Å². The second-order valence-corrected chi connectivity index (χ2v) is 5.89. The van der Waals surface area contributed by atoms with Crippen LogP contribution in [-0.4, -0.2) is 69.3 Å². The summed E-state index contributed by atoms with van der Waals surface area (Å²) >= 11 is 0. The summed E-state index contributed by atoms with van der Waals surface area (Å²) in [6.45, 7) is 1.29. The van der Waals surface area contributed by atoms with Gasteiger partial charge in [0.25, 0.3) is 5.91 Å². The molecule has 0 saturated carbocycles. The van der Waals surface area contributed by atoms with Crippen molar-refractivity contribution in [3.63, 3.8) is 0 Å². The van der Waals surface area contributed by atoms with Crippen molar-refractivity contribution in [2.75, 3.05) is 53.8 Å². The molecule has 27 heavy (non-hydrogen) atoms. The standard InChI is InChI=1S/C18H25N5O4/c1-23(2)7-6-19-18(24)13-10-21-16(11-20-13)22-12-8-14(25-3)17(27-5)15(9-12)26-4/h8-11H,6-7H2,1-5H3,(H,19,24)(H,21,22). The highest BCUT2D eigenvalue weighted by Crippen LogP contribution is 2.40. The molecule has 0 aliphatic rings. The van der Waals surface area contributed by atoms with Gasteiger partial charge < -0.3 is 29.7 Å². The van der Waals surface area contributed by atoms with E-state index in [9.17, 15) is 4.79 Å². The van der Waals surface area contributed by atoms with Gasteiger partial charge in [-0.05, 0) is 14.1 Å². The first kappa shape index (κ1) is 20.2. The molecule has 0 fully saturated rings. The van der Waals surface area contributed by atoms with Gasteiger partial charge in [-0.3, -0.25) is 4.79 Å². The number of carbonyl (C=O) groups excluding carboxylic acids is 1. The van der Waals surface area contributed by atoms with E-state index in [4.69, 9.17) is 14.2 Å². The van der Waals surface area contributed by atoms with Gasteiger partial charge in [0.2, 0.25) is 5.75 Å². The molecule has 146 valence electrons. The number of carbonyl (C=O) groups is 1. The van der Waals surface area contributed by atoms with Crippen LogP contribution in [0.4, 0.5) is 11.5 Å². The number of hydrogen-bond donors (Lipinski definition) is 2. The summed E-state index contributed by atoms with van der Waals surface area (Å²) in [5.41, 5.74) is 0.936. The third-order valence-corrected chi connectivity index (χ3v) is 3.67. The lowest BCUT2D eigenvalue weighted by atomic mass is 10.2. The highest BCUT2D eigenvalue weighted by molar-refractivity contribution is 5.92. The summed E-state index contributed by atoms with van der Waals surface area (Å²) in [5, 5.41) is 5.89. The fourth-order valence-corrected chi connectivity index (χ4v) is 2.29. The first-order chi connectivity index (χ1) is 13.0. The number of methoxy groups -OCH3 is 3. The fraction of sp³-hybridized carbons (Fsp3) is 0.389. The summed E-state index contributed by atoms with van der Waals surface area (Å²) in [4.78, 5) is 22.4. The summed E-state index contributed by atoms with van der Waals surface area (Å²) in [5.74, 6) is 1.76. The van der Waals surface area contributed by atoms with E-state index in [1.165, 1.54) is 12.4 Å².